The molecule has 0 spiro atoms. The smallest absolute Gasteiger partial charge is 0.0373 e. The molecule has 0 aromatic heterocycles. The van der Waals surface area contributed by atoms with E-state index < -0.39 is 0 Å². The molecule has 0 N–H and O–H groups in total. The van der Waals surface area contributed by atoms with E-state index in [1.807, 2.05) is 0 Å². The molecule has 2 nitrogen and oxygen atoms in total. The number of nitrogens with zero attached hydrogens (tertiary/aromatic N) is 2. The fourth-order valence-corrected chi connectivity index (χ4v) is 5.47. The predicted molar refractivity (Wildman–Crippen MR) is 135 cm³/mol. The highest BCUT2D eigenvalue weighted by molar-refractivity contribution is 5.70. The van der Waals surface area contributed by atoms with E-state index in [9.17, 15) is 0 Å². The molecule has 0 unspecified atom stereocenters. The van der Waals surface area contributed by atoms with Crippen molar-refractivity contribution in [2.24, 2.45) is 0 Å². The third kappa shape index (κ3) is 4.85. The molecule has 2 heteroatoms. The zero-order chi connectivity index (χ0) is 22.1. The van der Waals surface area contributed by atoms with Crippen molar-refractivity contribution in [2.45, 2.75) is 77.6 Å². The van der Waals surface area contributed by atoms with Crippen LogP contribution in [-0.4, -0.2) is 37.6 Å². The lowest BCUT2D eigenvalue weighted by Crippen LogP contribution is -2.46. The van der Waals surface area contributed by atoms with Crippen molar-refractivity contribution in [1.82, 2.24) is 4.90 Å². The number of hydrogen-bond acceptors (Lipinski definition) is 2. The molecule has 0 radical (unpaired) electrons. The first-order valence-electron chi connectivity index (χ1n) is 12.5. The van der Waals surface area contributed by atoms with E-state index in [1.165, 1.54) is 68.6 Å². The normalized spacial score (nSPS) is 20.5. The van der Waals surface area contributed by atoms with Gasteiger partial charge in [0.25, 0.3) is 0 Å². The topological polar surface area (TPSA) is 6.48 Å². The van der Waals surface area contributed by atoms with Crippen molar-refractivity contribution in [3.05, 3.63) is 53.6 Å². The van der Waals surface area contributed by atoms with Crippen LogP contribution in [0.2, 0.25) is 0 Å². The lowest BCUT2D eigenvalue weighted by Gasteiger charge is -2.42. The quantitative estimate of drug-likeness (QED) is 0.465. The number of hydrogen-bond donors (Lipinski definition) is 0. The minimum absolute atomic E-state index is 0.257. The second kappa shape index (κ2) is 8.98. The second-order valence-corrected chi connectivity index (χ2v) is 11.1. The Morgan fingerprint density at radius 2 is 1.42 bits per heavy atom. The Labute approximate surface area is 190 Å². The fraction of sp³-hybridized carbons (Fsp3) is 0.586. The zero-order valence-electron chi connectivity index (χ0n) is 20.5. The highest BCUT2D eigenvalue weighted by Crippen LogP contribution is 2.46. The Morgan fingerprint density at radius 1 is 0.742 bits per heavy atom. The lowest BCUT2D eigenvalue weighted by molar-refractivity contribution is 0.252. The van der Waals surface area contributed by atoms with Gasteiger partial charge in [-0.1, -0.05) is 77.8 Å². The van der Waals surface area contributed by atoms with Crippen LogP contribution in [0.15, 0.2) is 42.5 Å². The largest absolute Gasteiger partial charge is 0.369 e. The second-order valence-electron chi connectivity index (χ2n) is 11.1. The summed E-state index contributed by atoms with van der Waals surface area (Å²) in [6, 6.07) is 16.5. The first kappa shape index (κ1) is 22.4. The van der Waals surface area contributed by atoms with Crippen LogP contribution in [0.3, 0.4) is 0 Å². The lowest BCUT2D eigenvalue weighted by atomic mass is 9.63. The van der Waals surface area contributed by atoms with Gasteiger partial charge < -0.3 is 4.90 Å². The summed E-state index contributed by atoms with van der Waals surface area (Å²) >= 11 is 0. The minimum atomic E-state index is 0.257. The number of piperazine rings is 1. The van der Waals surface area contributed by atoms with Crippen LogP contribution in [0, 0.1) is 0 Å². The van der Waals surface area contributed by atoms with Gasteiger partial charge in [0.15, 0.2) is 0 Å². The predicted octanol–water partition coefficient (Wildman–Crippen LogP) is 7.01. The van der Waals surface area contributed by atoms with Gasteiger partial charge in [0.2, 0.25) is 0 Å². The van der Waals surface area contributed by atoms with Gasteiger partial charge in [-0.3, -0.25) is 4.90 Å². The van der Waals surface area contributed by atoms with Crippen molar-refractivity contribution in [3.8, 4) is 11.1 Å². The molecule has 1 saturated heterocycles. The average Bonchev–Trinajstić information content (AvgIpc) is 2.78. The van der Waals surface area contributed by atoms with E-state index in [-0.39, 0.29) is 10.8 Å². The first-order chi connectivity index (χ1) is 14.8. The molecule has 0 saturated carbocycles. The molecule has 1 heterocycles. The molecule has 2 aliphatic rings. The van der Waals surface area contributed by atoms with E-state index in [1.54, 1.807) is 11.1 Å². The highest BCUT2D eigenvalue weighted by atomic mass is 15.3. The zero-order valence-corrected chi connectivity index (χ0v) is 20.5. The molecule has 2 aromatic carbocycles. The van der Waals surface area contributed by atoms with E-state index in [4.69, 9.17) is 0 Å². The fourth-order valence-electron chi connectivity index (χ4n) is 5.47. The number of anilines is 1. The molecule has 0 amide bonds. The molecule has 0 atom stereocenters. The Kier molecular flexibility index (Phi) is 6.49. The van der Waals surface area contributed by atoms with Crippen LogP contribution < -0.4 is 4.90 Å². The Hall–Kier alpha value is -1.80. The maximum atomic E-state index is 2.64. The number of fused-ring (bicyclic) bond motifs is 1. The van der Waals surface area contributed by atoms with Gasteiger partial charge in [0.1, 0.15) is 0 Å². The SMILES string of the molecule is CCCCCN1CCN(c2cccc(-c3ccc4c(c3)C(C)(C)CCC4(C)C)c2)CC1. The summed E-state index contributed by atoms with van der Waals surface area (Å²) in [6.07, 6.45) is 6.55. The summed E-state index contributed by atoms with van der Waals surface area (Å²) in [5, 5.41) is 0. The summed E-state index contributed by atoms with van der Waals surface area (Å²) in [5.74, 6) is 0. The van der Waals surface area contributed by atoms with Gasteiger partial charge in [-0.15, -0.1) is 0 Å². The molecular weight excluding hydrogens is 376 g/mol. The Balaban J connectivity index is 1.52. The Bertz CT molecular complexity index is 887. The summed E-state index contributed by atoms with van der Waals surface area (Å²) in [5.41, 5.74) is 7.72. The highest BCUT2D eigenvalue weighted by Gasteiger charge is 2.37. The maximum absolute atomic E-state index is 2.64. The molecule has 0 bridgehead atoms. The van der Waals surface area contributed by atoms with Gasteiger partial charge in [-0.05, 0) is 71.0 Å². The monoisotopic (exact) mass is 418 g/mol. The van der Waals surface area contributed by atoms with Crippen LogP contribution in [-0.2, 0) is 10.8 Å². The minimum Gasteiger partial charge on any atom is -0.369 e. The van der Waals surface area contributed by atoms with Crippen LogP contribution in [0.4, 0.5) is 5.69 Å². The summed E-state index contributed by atoms with van der Waals surface area (Å²) in [4.78, 5) is 5.22. The van der Waals surface area contributed by atoms with Gasteiger partial charge in [0, 0.05) is 31.9 Å². The van der Waals surface area contributed by atoms with Gasteiger partial charge in [0.05, 0.1) is 0 Å². The van der Waals surface area contributed by atoms with E-state index in [0.717, 1.165) is 13.1 Å². The van der Waals surface area contributed by atoms with Crippen LogP contribution in [0.1, 0.15) is 77.8 Å². The summed E-state index contributed by atoms with van der Waals surface area (Å²) in [7, 11) is 0. The molecule has 1 fully saturated rings. The van der Waals surface area contributed by atoms with E-state index in [2.05, 4.69) is 86.9 Å². The number of unbranched alkanes of at least 4 members (excludes halogenated alkanes) is 2. The molecule has 4 rings (SSSR count). The summed E-state index contributed by atoms with van der Waals surface area (Å²) < 4.78 is 0. The third-order valence-corrected chi connectivity index (χ3v) is 7.85. The van der Waals surface area contributed by atoms with Crippen molar-refractivity contribution < 1.29 is 0 Å². The van der Waals surface area contributed by atoms with Crippen molar-refractivity contribution >= 4 is 5.69 Å². The molecule has 1 aliphatic carbocycles. The number of rotatable bonds is 6. The first-order valence-corrected chi connectivity index (χ1v) is 12.5. The van der Waals surface area contributed by atoms with Crippen LogP contribution in [0.25, 0.3) is 11.1 Å². The Morgan fingerprint density at radius 3 is 2.13 bits per heavy atom. The molecule has 2 aromatic rings. The van der Waals surface area contributed by atoms with Gasteiger partial charge in [-0.25, -0.2) is 0 Å². The summed E-state index contributed by atoms with van der Waals surface area (Å²) in [6.45, 7) is 17.9. The van der Waals surface area contributed by atoms with E-state index >= 15 is 0 Å². The van der Waals surface area contributed by atoms with Crippen molar-refractivity contribution in [2.75, 3.05) is 37.6 Å². The average molecular weight is 419 g/mol. The standard InChI is InChI=1S/C29H42N2/c1-6-7-8-16-30-17-19-31(20-18-30)25-11-9-10-23(21-25)24-12-13-26-27(22-24)29(4,5)15-14-28(26,2)3/h9-13,21-22H,6-8,14-20H2,1-5H3. The van der Waals surface area contributed by atoms with E-state index in [0.29, 0.717) is 0 Å². The van der Waals surface area contributed by atoms with Crippen LogP contribution in [0.5, 0.6) is 0 Å². The van der Waals surface area contributed by atoms with Gasteiger partial charge in [-0.2, -0.15) is 0 Å². The maximum Gasteiger partial charge on any atom is 0.0373 e. The molecule has 1 aliphatic heterocycles. The van der Waals surface area contributed by atoms with Crippen LogP contribution >= 0.6 is 0 Å². The number of benzene rings is 2. The van der Waals surface area contributed by atoms with Crippen molar-refractivity contribution in [3.63, 3.8) is 0 Å². The third-order valence-electron chi connectivity index (χ3n) is 7.85. The molecular formula is C29H42N2. The molecule has 31 heavy (non-hydrogen) atoms. The van der Waals surface area contributed by atoms with Crippen molar-refractivity contribution in [1.29, 1.82) is 0 Å². The van der Waals surface area contributed by atoms with Gasteiger partial charge >= 0.3 is 0 Å². The molecule has 168 valence electrons.